The molecule has 1 unspecified atom stereocenters. The second-order valence-electron chi connectivity index (χ2n) is 6.52. The number of carbonyl (C=O) groups is 2. The number of nitrogens with zero attached hydrogens (tertiary/aromatic N) is 3. The Kier molecular flexibility index (Phi) is 5.23. The molecule has 0 bridgehead atoms. The Balaban J connectivity index is 1.91. The van der Waals surface area contributed by atoms with Gasteiger partial charge in [-0.05, 0) is 67.6 Å². The first-order chi connectivity index (χ1) is 12.4. The zero-order valence-corrected chi connectivity index (χ0v) is 16.3. The van der Waals surface area contributed by atoms with Crippen molar-refractivity contribution < 1.29 is 9.59 Å². The molecule has 1 aliphatic heterocycles. The normalized spacial score (nSPS) is 17.2. The minimum atomic E-state index is -0.204. The Labute approximate surface area is 158 Å². The van der Waals surface area contributed by atoms with Crippen LogP contribution in [0.15, 0.2) is 47.5 Å². The maximum absolute atomic E-state index is 12.6. The molecule has 6 heteroatoms. The van der Waals surface area contributed by atoms with Gasteiger partial charge in [-0.25, -0.2) is 0 Å². The molecule has 2 amide bonds. The standard InChI is InChI=1S/C20H23N3O2S/c1-5-14(2)23-19(24)18(26-20(23)25)13-17-7-6-12-22(17)16-10-8-15(9-11-16)21(3)4/h6-14H,5H2,1-4H3. The molecule has 1 fully saturated rings. The van der Waals surface area contributed by atoms with Crippen LogP contribution < -0.4 is 4.90 Å². The van der Waals surface area contributed by atoms with Gasteiger partial charge in [0, 0.05) is 43.4 Å². The van der Waals surface area contributed by atoms with Crippen molar-refractivity contribution in [3.05, 3.63) is 53.2 Å². The van der Waals surface area contributed by atoms with E-state index in [0.717, 1.165) is 35.3 Å². The van der Waals surface area contributed by atoms with E-state index in [-0.39, 0.29) is 17.2 Å². The van der Waals surface area contributed by atoms with E-state index < -0.39 is 0 Å². The number of imide groups is 1. The highest BCUT2D eigenvalue weighted by atomic mass is 32.2. The maximum atomic E-state index is 12.6. The zero-order valence-electron chi connectivity index (χ0n) is 15.5. The third kappa shape index (κ3) is 3.42. The molecular weight excluding hydrogens is 346 g/mol. The predicted molar refractivity (Wildman–Crippen MR) is 108 cm³/mol. The van der Waals surface area contributed by atoms with Crippen LogP contribution in [0.5, 0.6) is 0 Å². The van der Waals surface area contributed by atoms with Gasteiger partial charge in [-0.3, -0.25) is 14.5 Å². The number of thioether (sulfide) groups is 1. The lowest BCUT2D eigenvalue weighted by Crippen LogP contribution is -2.36. The number of benzene rings is 1. The highest BCUT2D eigenvalue weighted by molar-refractivity contribution is 8.18. The lowest BCUT2D eigenvalue weighted by atomic mass is 10.2. The molecule has 0 radical (unpaired) electrons. The van der Waals surface area contributed by atoms with Crippen molar-refractivity contribution in [1.82, 2.24) is 9.47 Å². The molecule has 1 aliphatic rings. The average Bonchev–Trinajstić information content (AvgIpc) is 3.19. The SMILES string of the molecule is CCC(C)N1C(=O)SC(=Cc2cccn2-c2ccc(N(C)C)cc2)C1=O. The summed E-state index contributed by atoms with van der Waals surface area (Å²) in [7, 11) is 4.01. The summed E-state index contributed by atoms with van der Waals surface area (Å²) in [5.41, 5.74) is 3.00. The lowest BCUT2D eigenvalue weighted by Gasteiger charge is -2.19. The molecule has 1 atom stereocenters. The van der Waals surface area contributed by atoms with E-state index in [1.807, 2.05) is 67.9 Å². The van der Waals surface area contributed by atoms with Gasteiger partial charge in [-0.15, -0.1) is 0 Å². The van der Waals surface area contributed by atoms with Gasteiger partial charge in [0.25, 0.3) is 11.1 Å². The minimum Gasteiger partial charge on any atom is -0.378 e. The van der Waals surface area contributed by atoms with Crippen molar-refractivity contribution in [2.24, 2.45) is 0 Å². The topological polar surface area (TPSA) is 45.6 Å². The molecule has 136 valence electrons. The molecule has 5 nitrogen and oxygen atoms in total. The first-order valence-electron chi connectivity index (χ1n) is 8.64. The summed E-state index contributed by atoms with van der Waals surface area (Å²) in [6.45, 7) is 3.87. The number of carbonyl (C=O) groups excluding carboxylic acids is 2. The largest absolute Gasteiger partial charge is 0.378 e. The fourth-order valence-electron chi connectivity index (χ4n) is 2.83. The summed E-state index contributed by atoms with van der Waals surface area (Å²) in [6, 6.07) is 12.0. The van der Waals surface area contributed by atoms with Crippen LogP contribution in [0.25, 0.3) is 11.8 Å². The lowest BCUT2D eigenvalue weighted by molar-refractivity contribution is -0.124. The number of aromatic nitrogens is 1. The van der Waals surface area contributed by atoms with Crippen molar-refractivity contribution in [3.8, 4) is 5.69 Å². The first kappa shape index (κ1) is 18.3. The van der Waals surface area contributed by atoms with Crippen LogP contribution in [-0.4, -0.2) is 40.8 Å². The number of rotatable bonds is 5. The van der Waals surface area contributed by atoms with E-state index in [0.29, 0.717) is 4.91 Å². The van der Waals surface area contributed by atoms with Gasteiger partial charge in [0.2, 0.25) is 0 Å². The molecule has 0 saturated carbocycles. The second-order valence-corrected chi connectivity index (χ2v) is 7.52. The summed E-state index contributed by atoms with van der Waals surface area (Å²) in [5, 5.41) is -0.191. The molecule has 2 aromatic rings. The molecule has 1 aromatic carbocycles. The number of hydrogen-bond acceptors (Lipinski definition) is 4. The van der Waals surface area contributed by atoms with E-state index in [1.54, 1.807) is 6.08 Å². The van der Waals surface area contributed by atoms with Crippen LogP contribution in [0, 0.1) is 0 Å². The van der Waals surface area contributed by atoms with Crippen LogP contribution in [0.2, 0.25) is 0 Å². The maximum Gasteiger partial charge on any atom is 0.293 e. The minimum absolute atomic E-state index is 0.0845. The highest BCUT2D eigenvalue weighted by Gasteiger charge is 2.37. The molecule has 0 N–H and O–H groups in total. The summed E-state index contributed by atoms with van der Waals surface area (Å²) >= 11 is 1.01. The molecule has 3 rings (SSSR count). The van der Waals surface area contributed by atoms with Crippen molar-refractivity contribution in [3.63, 3.8) is 0 Å². The van der Waals surface area contributed by atoms with E-state index in [2.05, 4.69) is 12.1 Å². The van der Waals surface area contributed by atoms with Crippen LogP contribution >= 0.6 is 11.8 Å². The van der Waals surface area contributed by atoms with Crippen molar-refractivity contribution in [1.29, 1.82) is 0 Å². The van der Waals surface area contributed by atoms with E-state index >= 15 is 0 Å². The quantitative estimate of drug-likeness (QED) is 0.734. The Morgan fingerprint density at radius 2 is 1.85 bits per heavy atom. The molecule has 1 saturated heterocycles. The average molecular weight is 369 g/mol. The third-order valence-electron chi connectivity index (χ3n) is 4.56. The van der Waals surface area contributed by atoms with Gasteiger partial charge in [0.05, 0.1) is 4.91 Å². The Morgan fingerprint density at radius 1 is 1.15 bits per heavy atom. The summed E-state index contributed by atoms with van der Waals surface area (Å²) in [6.07, 6.45) is 4.50. The summed E-state index contributed by atoms with van der Waals surface area (Å²) in [4.78, 5) is 28.7. The molecular formula is C20H23N3O2S. The summed E-state index contributed by atoms with van der Waals surface area (Å²) in [5.74, 6) is -0.204. The Morgan fingerprint density at radius 3 is 2.46 bits per heavy atom. The smallest absolute Gasteiger partial charge is 0.293 e. The van der Waals surface area contributed by atoms with Crippen molar-refractivity contribution >= 4 is 34.7 Å². The van der Waals surface area contributed by atoms with Gasteiger partial charge in [-0.1, -0.05) is 6.92 Å². The van der Waals surface area contributed by atoms with Crippen LogP contribution in [-0.2, 0) is 4.79 Å². The molecule has 2 heterocycles. The van der Waals surface area contributed by atoms with Crippen molar-refractivity contribution in [2.45, 2.75) is 26.3 Å². The Hall–Kier alpha value is -2.47. The van der Waals surface area contributed by atoms with Gasteiger partial charge in [0.15, 0.2) is 0 Å². The Bertz CT molecular complexity index is 852. The van der Waals surface area contributed by atoms with Crippen LogP contribution in [0.3, 0.4) is 0 Å². The van der Waals surface area contributed by atoms with Crippen LogP contribution in [0.4, 0.5) is 10.5 Å². The van der Waals surface area contributed by atoms with Crippen molar-refractivity contribution in [2.75, 3.05) is 19.0 Å². The molecule has 26 heavy (non-hydrogen) atoms. The first-order valence-corrected chi connectivity index (χ1v) is 9.46. The molecule has 0 spiro atoms. The predicted octanol–water partition coefficient (Wildman–Crippen LogP) is 4.38. The number of hydrogen-bond donors (Lipinski definition) is 0. The van der Waals surface area contributed by atoms with Gasteiger partial charge < -0.3 is 9.47 Å². The van der Waals surface area contributed by atoms with E-state index in [4.69, 9.17) is 0 Å². The van der Waals surface area contributed by atoms with Gasteiger partial charge >= 0.3 is 0 Å². The van der Waals surface area contributed by atoms with Gasteiger partial charge in [-0.2, -0.15) is 0 Å². The number of amides is 2. The molecule has 1 aromatic heterocycles. The summed E-state index contributed by atoms with van der Waals surface area (Å²) < 4.78 is 2.01. The zero-order chi connectivity index (χ0) is 18.8. The second kappa shape index (κ2) is 7.41. The third-order valence-corrected chi connectivity index (χ3v) is 5.44. The molecule has 0 aliphatic carbocycles. The van der Waals surface area contributed by atoms with E-state index in [1.165, 1.54) is 4.90 Å². The van der Waals surface area contributed by atoms with E-state index in [9.17, 15) is 9.59 Å². The fourth-order valence-corrected chi connectivity index (χ4v) is 3.75. The van der Waals surface area contributed by atoms with Crippen LogP contribution in [0.1, 0.15) is 26.0 Å². The number of anilines is 1. The fraction of sp³-hybridized carbons (Fsp3) is 0.300. The highest BCUT2D eigenvalue weighted by Crippen LogP contribution is 2.34. The monoisotopic (exact) mass is 369 g/mol. The van der Waals surface area contributed by atoms with Gasteiger partial charge in [0.1, 0.15) is 0 Å².